The van der Waals surface area contributed by atoms with Crippen LogP contribution in [0.25, 0.3) is 0 Å². The number of benzene rings is 1. The summed E-state index contributed by atoms with van der Waals surface area (Å²) in [4.78, 5) is 0. The molecule has 100 valence electrons. The molecule has 5 heteroatoms. The average molecular weight is 259 g/mol. The summed E-state index contributed by atoms with van der Waals surface area (Å²) in [7, 11) is 0. The molecule has 0 amide bonds. The van der Waals surface area contributed by atoms with Gasteiger partial charge in [0.15, 0.2) is 0 Å². The van der Waals surface area contributed by atoms with Gasteiger partial charge < -0.3 is 10.5 Å². The number of alkyl halides is 3. The lowest BCUT2D eigenvalue weighted by molar-refractivity contribution is -0.274. The summed E-state index contributed by atoms with van der Waals surface area (Å²) in [6.07, 6.45) is -4.64. The zero-order chi connectivity index (χ0) is 13.6. The fraction of sp³-hybridized carbons (Fsp3) is 0.538. The molecule has 2 atom stereocenters. The van der Waals surface area contributed by atoms with E-state index in [9.17, 15) is 13.2 Å². The second-order valence-corrected chi connectivity index (χ2v) is 5.26. The maximum absolute atomic E-state index is 12.0. The highest BCUT2D eigenvalue weighted by Gasteiger charge is 2.57. The summed E-state index contributed by atoms with van der Waals surface area (Å²) in [6, 6.07) is 6.07. The van der Waals surface area contributed by atoms with E-state index in [0.717, 1.165) is 5.56 Å². The highest BCUT2D eigenvalue weighted by molar-refractivity contribution is 5.36. The van der Waals surface area contributed by atoms with Crippen molar-refractivity contribution >= 4 is 0 Å². The van der Waals surface area contributed by atoms with Crippen LogP contribution in [0.3, 0.4) is 0 Å². The van der Waals surface area contributed by atoms with Crippen LogP contribution in [-0.2, 0) is 0 Å². The van der Waals surface area contributed by atoms with Crippen molar-refractivity contribution in [1.29, 1.82) is 0 Å². The van der Waals surface area contributed by atoms with Crippen LogP contribution in [0.1, 0.15) is 25.3 Å². The SMILES string of the molecule is CC1(C)[C@@H](CN)[C@@H]1c1ccc(OC(F)(F)F)cc1. The van der Waals surface area contributed by atoms with Crippen LogP contribution < -0.4 is 10.5 Å². The first kappa shape index (κ1) is 13.2. The smallest absolute Gasteiger partial charge is 0.406 e. The molecule has 0 unspecified atom stereocenters. The predicted molar refractivity (Wildman–Crippen MR) is 62.2 cm³/mol. The van der Waals surface area contributed by atoms with E-state index >= 15 is 0 Å². The fourth-order valence-electron chi connectivity index (χ4n) is 2.72. The number of hydrogen-bond acceptors (Lipinski definition) is 2. The summed E-state index contributed by atoms with van der Waals surface area (Å²) in [5.74, 6) is 0.531. The molecule has 0 radical (unpaired) electrons. The van der Waals surface area contributed by atoms with Crippen molar-refractivity contribution in [2.45, 2.75) is 26.1 Å². The Kier molecular flexibility index (Phi) is 3.05. The standard InChI is InChI=1S/C13H16F3NO/c1-12(2)10(7-17)11(12)8-3-5-9(6-4-8)18-13(14,15)16/h3-6,10-11H,7,17H2,1-2H3/t10-,11-/m0/s1. The van der Waals surface area contributed by atoms with Crippen LogP contribution in [0.4, 0.5) is 13.2 Å². The largest absolute Gasteiger partial charge is 0.573 e. The van der Waals surface area contributed by atoms with Gasteiger partial charge in [-0.25, -0.2) is 0 Å². The second-order valence-electron chi connectivity index (χ2n) is 5.26. The summed E-state index contributed by atoms with van der Waals surface area (Å²) >= 11 is 0. The molecule has 1 aromatic carbocycles. The molecule has 0 heterocycles. The topological polar surface area (TPSA) is 35.2 Å². The van der Waals surface area contributed by atoms with Crippen molar-refractivity contribution < 1.29 is 17.9 Å². The van der Waals surface area contributed by atoms with Crippen LogP contribution >= 0.6 is 0 Å². The lowest BCUT2D eigenvalue weighted by Crippen LogP contribution is -2.17. The molecule has 0 saturated heterocycles. The lowest BCUT2D eigenvalue weighted by atomic mass is 10.0. The average Bonchev–Trinajstić information content (AvgIpc) is 2.79. The molecule has 1 fully saturated rings. The Hall–Kier alpha value is -1.23. The van der Waals surface area contributed by atoms with E-state index in [0.29, 0.717) is 18.4 Å². The Bertz CT molecular complexity index is 425. The molecule has 2 N–H and O–H groups in total. The third-order valence-electron chi connectivity index (χ3n) is 3.78. The van der Waals surface area contributed by atoms with Gasteiger partial charge in [-0.1, -0.05) is 26.0 Å². The van der Waals surface area contributed by atoms with E-state index in [1.54, 1.807) is 12.1 Å². The molecule has 2 nitrogen and oxygen atoms in total. The van der Waals surface area contributed by atoms with Gasteiger partial charge in [0.05, 0.1) is 0 Å². The molecule has 1 aliphatic rings. The number of rotatable bonds is 3. The summed E-state index contributed by atoms with van der Waals surface area (Å²) in [5, 5.41) is 0. The molecule has 18 heavy (non-hydrogen) atoms. The van der Waals surface area contributed by atoms with Gasteiger partial charge >= 0.3 is 6.36 Å². The third-order valence-corrected chi connectivity index (χ3v) is 3.78. The Morgan fingerprint density at radius 3 is 2.17 bits per heavy atom. The van der Waals surface area contributed by atoms with E-state index in [-0.39, 0.29) is 11.2 Å². The predicted octanol–water partition coefficient (Wildman–Crippen LogP) is 3.28. The maximum Gasteiger partial charge on any atom is 0.573 e. The zero-order valence-electron chi connectivity index (χ0n) is 10.3. The van der Waals surface area contributed by atoms with Crippen LogP contribution in [-0.4, -0.2) is 12.9 Å². The first-order chi connectivity index (χ1) is 8.25. The first-order valence-corrected chi connectivity index (χ1v) is 5.81. The summed E-state index contributed by atoms with van der Waals surface area (Å²) in [5.41, 5.74) is 6.82. The van der Waals surface area contributed by atoms with Crippen LogP contribution in [0.5, 0.6) is 5.75 Å². The Balaban J connectivity index is 2.10. The first-order valence-electron chi connectivity index (χ1n) is 5.81. The highest BCUT2D eigenvalue weighted by Crippen LogP contribution is 2.63. The van der Waals surface area contributed by atoms with Crippen molar-refractivity contribution in [2.75, 3.05) is 6.54 Å². The second kappa shape index (κ2) is 4.16. The van der Waals surface area contributed by atoms with E-state index in [2.05, 4.69) is 18.6 Å². The molecule has 0 aromatic heterocycles. The molecule has 1 aliphatic carbocycles. The van der Waals surface area contributed by atoms with E-state index < -0.39 is 6.36 Å². The summed E-state index contributed by atoms with van der Waals surface area (Å²) in [6.45, 7) is 4.84. The molecule has 0 bridgehead atoms. The Morgan fingerprint density at radius 1 is 1.22 bits per heavy atom. The Labute approximate surface area is 104 Å². The van der Waals surface area contributed by atoms with E-state index in [1.807, 2.05) is 0 Å². The molecular formula is C13H16F3NO. The molecule has 1 aromatic rings. The molecule has 0 spiro atoms. The van der Waals surface area contributed by atoms with Gasteiger partial charge in [-0.15, -0.1) is 13.2 Å². The third kappa shape index (κ3) is 2.46. The van der Waals surface area contributed by atoms with Gasteiger partial charge in [-0.05, 0) is 41.5 Å². The lowest BCUT2D eigenvalue weighted by Gasteiger charge is -2.09. The van der Waals surface area contributed by atoms with Crippen molar-refractivity contribution in [3.63, 3.8) is 0 Å². The van der Waals surface area contributed by atoms with E-state index in [1.165, 1.54) is 12.1 Å². The maximum atomic E-state index is 12.0. The minimum atomic E-state index is -4.64. The molecule has 2 rings (SSSR count). The van der Waals surface area contributed by atoms with Crippen molar-refractivity contribution in [2.24, 2.45) is 17.1 Å². The fourth-order valence-corrected chi connectivity index (χ4v) is 2.72. The van der Waals surface area contributed by atoms with Crippen LogP contribution in [0, 0.1) is 11.3 Å². The number of hydrogen-bond donors (Lipinski definition) is 1. The minimum Gasteiger partial charge on any atom is -0.406 e. The summed E-state index contributed by atoms with van der Waals surface area (Å²) < 4.78 is 39.9. The van der Waals surface area contributed by atoms with Gasteiger partial charge in [0.25, 0.3) is 0 Å². The van der Waals surface area contributed by atoms with E-state index in [4.69, 9.17) is 5.73 Å². The van der Waals surface area contributed by atoms with Gasteiger partial charge in [-0.2, -0.15) is 0 Å². The van der Waals surface area contributed by atoms with Gasteiger partial charge in [0.1, 0.15) is 5.75 Å². The van der Waals surface area contributed by atoms with Crippen LogP contribution in [0.2, 0.25) is 0 Å². The monoisotopic (exact) mass is 259 g/mol. The van der Waals surface area contributed by atoms with Crippen molar-refractivity contribution in [1.82, 2.24) is 0 Å². The molecule has 1 saturated carbocycles. The minimum absolute atomic E-state index is 0.126. The number of ether oxygens (including phenoxy) is 1. The number of nitrogens with two attached hydrogens (primary N) is 1. The van der Waals surface area contributed by atoms with Gasteiger partial charge in [0, 0.05) is 0 Å². The normalized spacial score (nSPS) is 25.9. The quantitative estimate of drug-likeness (QED) is 0.904. The Morgan fingerprint density at radius 2 is 1.78 bits per heavy atom. The van der Waals surface area contributed by atoms with Crippen LogP contribution in [0.15, 0.2) is 24.3 Å². The van der Waals surface area contributed by atoms with Gasteiger partial charge in [0.2, 0.25) is 0 Å². The molecule has 0 aliphatic heterocycles. The number of halogens is 3. The van der Waals surface area contributed by atoms with Crippen molar-refractivity contribution in [3.8, 4) is 5.75 Å². The zero-order valence-corrected chi connectivity index (χ0v) is 10.3. The molecular weight excluding hydrogens is 243 g/mol. The van der Waals surface area contributed by atoms with Crippen molar-refractivity contribution in [3.05, 3.63) is 29.8 Å². The highest BCUT2D eigenvalue weighted by atomic mass is 19.4. The van der Waals surface area contributed by atoms with Gasteiger partial charge in [-0.3, -0.25) is 0 Å².